The maximum absolute atomic E-state index is 4.71. The van der Waals surface area contributed by atoms with Crippen LogP contribution in [0.4, 0.5) is 0 Å². The van der Waals surface area contributed by atoms with Crippen molar-refractivity contribution in [3.63, 3.8) is 0 Å². The summed E-state index contributed by atoms with van der Waals surface area (Å²) >= 11 is 0. The van der Waals surface area contributed by atoms with E-state index in [-0.39, 0.29) is 6.71 Å². The average molecular weight is 437 g/mol. The molecule has 6 aromatic rings. The van der Waals surface area contributed by atoms with Gasteiger partial charge in [-0.05, 0) is 60.0 Å². The van der Waals surface area contributed by atoms with Crippen LogP contribution >= 0.6 is 0 Å². The van der Waals surface area contributed by atoms with Crippen LogP contribution in [0, 0.1) is 6.92 Å². The first-order chi connectivity index (χ1) is 16.7. The second kappa shape index (κ2) is 8.31. The Balaban J connectivity index is 1.52. The lowest BCUT2D eigenvalue weighted by Crippen LogP contribution is -2.40. The molecule has 162 valence electrons. The van der Waals surface area contributed by atoms with Crippen LogP contribution in [0.3, 0.4) is 0 Å². The van der Waals surface area contributed by atoms with Gasteiger partial charge in [-0.25, -0.2) is 4.98 Å². The molecule has 3 nitrogen and oxygen atoms in total. The molecule has 0 aliphatic heterocycles. The Morgan fingerprint density at radius 1 is 0.647 bits per heavy atom. The second-order valence-electron chi connectivity index (χ2n) is 8.88. The predicted octanol–water partition coefficient (Wildman–Crippen LogP) is 5.79. The Labute approximate surface area is 199 Å². The van der Waals surface area contributed by atoms with Crippen LogP contribution in [-0.2, 0) is 0 Å². The highest BCUT2D eigenvalue weighted by molar-refractivity contribution is 6.83. The smallest absolute Gasteiger partial charge is 0.230 e. The number of hydrogen-bond donors (Lipinski definition) is 0. The second-order valence-corrected chi connectivity index (χ2v) is 8.88. The van der Waals surface area contributed by atoms with E-state index in [4.69, 9.17) is 4.98 Å². The first kappa shape index (κ1) is 20.4. The van der Waals surface area contributed by atoms with Crippen LogP contribution in [0.25, 0.3) is 38.8 Å². The quantitative estimate of drug-likeness (QED) is 0.327. The van der Waals surface area contributed by atoms with E-state index in [0.29, 0.717) is 0 Å². The molecule has 0 unspecified atom stereocenters. The van der Waals surface area contributed by atoms with E-state index in [9.17, 15) is 0 Å². The lowest BCUT2D eigenvalue weighted by atomic mass is 9.44. The Morgan fingerprint density at radius 3 is 2.32 bits per heavy atom. The zero-order valence-electron chi connectivity index (χ0n) is 19.3. The maximum atomic E-state index is 4.71. The summed E-state index contributed by atoms with van der Waals surface area (Å²) < 4.78 is 2.28. The molecule has 34 heavy (non-hydrogen) atoms. The Kier molecular flexibility index (Phi) is 4.99. The van der Waals surface area contributed by atoms with E-state index >= 15 is 0 Å². The highest BCUT2D eigenvalue weighted by Crippen LogP contribution is 2.34. The van der Waals surface area contributed by atoms with Gasteiger partial charge in [-0.1, -0.05) is 72.9 Å². The lowest BCUT2D eigenvalue weighted by molar-refractivity contribution is 1.07. The molecule has 0 radical (unpaired) electrons. The fourth-order valence-corrected chi connectivity index (χ4v) is 4.83. The molecule has 3 aromatic carbocycles. The molecule has 0 aliphatic rings. The van der Waals surface area contributed by atoms with Gasteiger partial charge in [-0.2, -0.15) is 0 Å². The van der Waals surface area contributed by atoms with Crippen molar-refractivity contribution >= 4 is 39.6 Å². The summed E-state index contributed by atoms with van der Waals surface area (Å²) in [6, 6.07) is 34.4. The molecule has 0 fully saturated rings. The minimum Gasteiger partial charge on any atom is -0.294 e. The van der Waals surface area contributed by atoms with Gasteiger partial charge >= 0.3 is 0 Å². The molecule has 0 saturated heterocycles. The Hall–Kier alpha value is -4.18. The van der Waals surface area contributed by atoms with Crippen molar-refractivity contribution in [1.82, 2.24) is 14.5 Å². The number of nitrogens with zero attached hydrogens (tertiary/aromatic N) is 3. The van der Waals surface area contributed by atoms with Crippen LogP contribution in [0.2, 0.25) is 6.82 Å². The molecule has 0 saturated carbocycles. The first-order valence-electron chi connectivity index (χ1n) is 11.7. The van der Waals surface area contributed by atoms with Gasteiger partial charge in [0.15, 0.2) is 0 Å². The number of aromatic nitrogens is 3. The molecule has 0 atom stereocenters. The number of pyridine rings is 2. The number of aryl methyl sites for hydroxylation is 1. The van der Waals surface area contributed by atoms with Crippen molar-refractivity contribution in [2.45, 2.75) is 13.7 Å². The van der Waals surface area contributed by atoms with Gasteiger partial charge < -0.3 is 0 Å². The minimum absolute atomic E-state index is 0.229. The van der Waals surface area contributed by atoms with Gasteiger partial charge in [0.2, 0.25) is 6.71 Å². The fourth-order valence-electron chi connectivity index (χ4n) is 4.83. The molecular formula is C30H24BN3. The third-order valence-corrected chi connectivity index (χ3v) is 6.66. The van der Waals surface area contributed by atoms with Crippen LogP contribution in [0.15, 0.2) is 109 Å². The summed E-state index contributed by atoms with van der Waals surface area (Å²) in [5.74, 6) is 0.945. The monoisotopic (exact) mass is 437 g/mol. The average Bonchev–Trinajstić information content (AvgIpc) is 3.22. The highest BCUT2D eigenvalue weighted by Gasteiger charge is 2.16. The lowest BCUT2D eigenvalue weighted by Gasteiger charge is -2.11. The summed E-state index contributed by atoms with van der Waals surface area (Å²) in [5, 5.41) is 2.48. The van der Waals surface area contributed by atoms with Gasteiger partial charge in [0.1, 0.15) is 5.82 Å². The zero-order valence-corrected chi connectivity index (χ0v) is 19.3. The van der Waals surface area contributed by atoms with Crippen LogP contribution < -0.4 is 11.1 Å². The van der Waals surface area contributed by atoms with E-state index in [2.05, 4.69) is 108 Å². The summed E-state index contributed by atoms with van der Waals surface area (Å²) in [6.45, 7) is 4.55. The summed E-state index contributed by atoms with van der Waals surface area (Å²) in [6.07, 6.45) is 3.75. The number of benzene rings is 3. The van der Waals surface area contributed by atoms with E-state index in [1.165, 1.54) is 44.0 Å². The molecule has 3 aromatic heterocycles. The predicted molar refractivity (Wildman–Crippen MR) is 144 cm³/mol. The number of para-hydroxylation sites is 1. The summed E-state index contributed by atoms with van der Waals surface area (Å²) in [4.78, 5) is 9.28. The van der Waals surface area contributed by atoms with Crippen molar-refractivity contribution in [2.24, 2.45) is 0 Å². The van der Waals surface area contributed by atoms with Gasteiger partial charge in [0, 0.05) is 28.8 Å². The van der Waals surface area contributed by atoms with E-state index in [1.807, 2.05) is 24.5 Å². The molecule has 6 rings (SSSR count). The molecule has 0 spiro atoms. The zero-order chi connectivity index (χ0) is 23.1. The highest BCUT2D eigenvalue weighted by atomic mass is 15.1. The SMILES string of the molecule is CB(c1cccc(-c2ccc3c4ccccc4n(-c4cc(C)ccn4)c3c2)c1)c1ccccn1. The molecule has 3 heterocycles. The fraction of sp³-hybridized carbons (Fsp3) is 0.0667. The normalized spacial score (nSPS) is 11.2. The topological polar surface area (TPSA) is 30.7 Å². The molecule has 0 amide bonds. The molecule has 0 bridgehead atoms. The van der Waals surface area contributed by atoms with E-state index in [0.717, 1.165) is 11.4 Å². The van der Waals surface area contributed by atoms with Crippen molar-refractivity contribution in [3.05, 3.63) is 115 Å². The van der Waals surface area contributed by atoms with Crippen LogP contribution in [-0.4, -0.2) is 21.2 Å². The third-order valence-electron chi connectivity index (χ3n) is 6.66. The largest absolute Gasteiger partial charge is 0.294 e. The van der Waals surface area contributed by atoms with E-state index in [1.54, 1.807) is 0 Å². The van der Waals surface area contributed by atoms with Crippen molar-refractivity contribution in [2.75, 3.05) is 0 Å². The van der Waals surface area contributed by atoms with Gasteiger partial charge in [0.05, 0.1) is 11.0 Å². The molecule has 0 N–H and O–H groups in total. The third kappa shape index (κ3) is 3.48. The molecule has 0 aliphatic carbocycles. The maximum Gasteiger partial charge on any atom is 0.230 e. The Bertz CT molecular complexity index is 1640. The summed E-state index contributed by atoms with van der Waals surface area (Å²) in [5.41, 5.74) is 8.28. The first-order valence-corrected chi connectivity index (χ1v) is 11.7. The Morgan fingerprint density at radius 2 is 1.47 bits per heavy atom. The number of hydrogen-bond acceptors (Lipinski definition) is 2. The standard InChI is InChI=1S/C30H24BN3/c1-21-15-17-33-30(18-21)34-27-11-4-3-10-25(27)26-14-13-23(20-28(26)34)22-8-7-9-24(19-22)31(2)29-12-5-6-16-32-29/h3-20H,1-2H3. The van der Waals surface area contributed by atoms with Crippen LogP contribution in [0.5, 0.6) is 0 Å². The minimum atomic E-state index is 0.229. The van der Waals surface area contributed by atoms with Gasteiger partial charge in [-0.15, -0.1) is 0 Å². The number of fused-ring (bicyclic) bond motifs is 3. The van der Waals surface area contributed by atoms with Crippen LogP contribution in [0.1, 0.15) is 5.56 Å². The molecule has 4 heteroatoms. The van der Waals surface area contributed by atoms with Gasteiger partial charge in [-0.3, -0.25) is 9.55 Å². The van der Waals surface area contributed by atoms with Crippen molar-refractivity contribution in [3.8, 4) is 16.9 Å². The van der Waals surface area contributed by atoms with Crippen molar-refractivity contribution < 1.29 is 0 Å². The number of rotatable bonds is 4. The summed E-state index contributed by atoms with van der Waals surface area (Å²) in [7, 11) is 0. The van der Waals surface area contributed by atoms with Crippen molar-refractivity contribution in [1.29, 1.82) is 0 Å². The molecular weight excluding hydrogens is 413 g/mol. The van der Waals surface area contributed by atoms with Gasteiger partial charge in [0.25, 0.3) is 0 Å². The van der Waals surface area contributed by atoms with E-state index < -0.39 is 0 Å².